The van der Waals surface area contributed by atoms with E-state index in [1.165, 1.54) is 0 Å². The SMILES string of the molecule is CC(=O)NC12C[C@@H]3C[C@@H](C1)CC(C(=O)Nc1c(C)n(C)n(-c4ccccc4)c1=O)(C3)C2. The fourth-order valence-electron chi connectivity index (χ4n) is 7.01. The summed E-state index contributed by atoms with van der Waals surface area (Å²) in [4.78, 5) is 38.8. The standard InChI is InChI=1S/C24H30N4O3/c1-15-20(21(30)28(27(15)3)19-7-5-4-6-8-19)25-22(31)23-10-17-9-18(11-23)13-24(12-17,14-23)26-16(2)29/h4-8,17-18H,9-14H2,1-3H3,(H,25,31)(H,26,29)/t17-,18-,23?,24?/m1/s1. The van der Waals surface area contributed by atoms with Crippen LogP contribution in [0.2, 0.25) is 0 Å². The number of hydrogen-bond acceptors (Lipinski definition) is 3. The summed E-state index contributed by atoms with van der Waals surface area (Å²) in [7, 11) is 1.83. The molecule has 2 N–H and O–H groups in total. The summed E-state index contributed by atoms with van der Waals surface area (Å²) in [6.07, 6.45) is 5.41. The van der Waals surface area contributed by atoms with Gasteiger partial charge in [0.15, 0.2) is 0 Å². The first-order chi connectivity index (χ1) is 14.7. The Labute approximate surface area is 181 Å². The highest BCUT2D eigenvalue weighted by molar-refractivity contribution is 5.96. The molecule has 6 rings (SSSR count). The van der Waals surface area contributed by atoms with Crippen molar-refractivity contribution in [3.05, 3.63) is 46.4 Å². The minimum absolute atomic E-state index is 0.0258. The maximum atomic E-state index is 13.7. The van der Waals surface area contributed by atoms with Gasteiger partial charge in [0.05, 0.1) is 16.8 Å². The van der Waals surface area contributed by atoms with Crippen LogP contribution in [0, 0.1) is 24.2 Å². The van der Waals surface area contributed by atoms with Crippen molar-refractivity contribution in [3.8, 4) is 5.69 Å². The van der Waals surface area contributed by atoms with Crippen LogP contribution in [0.25, 0.3) is 5.69 Å². The van der Waals surface area contributed by atoms with E-state index in [1.54, 1.807) is 16.3 Å². The lowest BCUT2D eigenvalue weighted by Gasteiger charge is -2.61. The number of para-hydroxylation sites is 1. The fourth-order valence-corrected chi connectivity index (χ4v) is 7.01. The lowest BCUT2D eigenvalue weighted by molar-refractivity contribution is -0.148. The number of rotatable bonds is 4. The summed E-state index contributed by atoms with van der Waals surface area (Å²) in [6, 6.07) is 9.44. The smallest absolute Gasteiger partial charge is 0.295 e. The highest BCUT2D eigenvalue weighted by atomic mass is 16.2. The Bertz CT molecular complexity index is 1100. The lowest BCUT2D eigenvalue weighted by atomic mass is 9.46. The Kier molecular flexibility index (Phi) is 4.43. The summed E-state index contributed by atoms with van der Waals surface area (Å²) < 4.78 is 3.37. The summed E-state index contributed by atoms with van der Waals surface area (Å²) in [5.74, 6) is 0.817. The quantitative estimate of drug-likeness (QED) is 0.795. The van der Waals surface area contributed by atoms with Crippen LogP contribution in [0.5, 0.6) is 0 Å². The number of anilines is 1. The highest BCUT2D eigenvalue weighted by Crippen LogP contribution is 2.61. The number of aromatic nitrogens is 2. The van der Waals surface area contributed by atoms with Crippen molar-refractivity contribution in [1.82, 2.24) is 14.7 Å². The highest BCUT2D eigenvalue weighted by Gasteiger charge is 2.61. The van der Waals surface area contributed by atoms with Crippen molar-refractivity contribution in [2.75, 3.05) is 5.32 Å². The average molecular weight is 423 g/mol. The molecule has 0 saturated heterocycles. The van der Waals surface area contributed by atoms with E-state index in [4.69, 9.17) is 0 Å². The van der Waals surface area contributed by atoms with E-state index in [0.717, 1.165) is 43.5 Å². The molecule has 2 atom stereocenters. The number of nitrogens with one attached hydrogen (secondary N) is 2. The van der Waals surface area contributed by atoms with Gasteiger partial charge in [-0.15, -0.1) is 0 Å². The van der Waals surface area contributed by atoms with Gasteiger partial charge >= 0.3 is 0 Å². The van der Waals surface area contributed by atoms with Crippen LogP contribution in [0.15, 0.2) is 35.1 Å². The Balaban J connectivity index is 1.47. The Morgan fingerprint density at radius 1 is 1.06 bits per heavy atom. The normalized spacial score (nSPS) is 30.9. The van der Waals surface area contributed by atoms with Gasteiger partial charge in [-0.05, 0) is 69.4 Å². The first-order valence-electron chi connectivity index (χ1n) is 11.2. The molecule has 0 radical (unpaired) electrons. The van der Waals surface area contributed by atoms with E-state index in [9.17, 15) is 14.4 Å². The molecule has 4 bridgehead atoms. The molecule has 2 aromatic rings. The predicted molar refractivity (Wildman–Crippen MR) is 118 cm³/mol. The Morgan fingerprint density at radius 3 is 2.32 bits per heavy atom. The van der Waals surface area contributed by atoms with Crippen molar-refractivity contribution in [2.24, 2.45) is 24.3 Å². The van der Waals surface area contributed by atoms with E-state index in [0.29, 0.717) is 23.9 Å². The molecule has 1 aromatic heterocycles. The summed E-state index contributed by atoms with van der Waals surface area (Å²) >= 11 is 0. The third-order valence-corrected chi connectivity index (χ3v) is 7.78. The zero-order chi connectivity index (χ0) is 22.0. The van der Waals surface area contributed by atoms with Crippen LogP contribution >= 0.6 is 0 Å². The van der Waals surface area contributed by atoms with E-state index < -0.39 is 5.41 Å². The lowest BCUT2D eigenvalue weighted by Crippen LogP contribution is -2.65. The molecular formula is C24H30N4O3. The molecule has 31 heavy (non-hydrogen) atoms. The van der Waals surface area contributed by atoms with Crippen LogP contribution in [0.1, 0.15) is 51.1 Å². The molecule has 4 aliphatic rings. The minimum Gasteiger partial charge on any atom is -0.351 e. The molecule has 0 aliphatic heterocycles. The van der Waals surface area contributed by atoms with E-state index in [-0.39, 0.29) is 22.9 Å². The second-order valence-electron chi connectivity index (χ2n) is 10.1. The van der Waals surface area contributed by atoms with Crippen LogP contribution in [0.4, 0.5) is 5.69 Å². The maximum Gasteiger partial charge on any atom is 0.295 e. The van der Waals surface area contributed by atoms with Gasteiger partial charge in [0.2, 0.25) is 11.8 Å². The molecule has 0 spiro atoms. The second-order valence-corrected chi connectivity index (χ2v) is 10.1. The molecule has 164 valence electrons. The Hall–Kier alpha value is -2.83. The molecule has 4 aliphatic carbocycles. The minimum atomic E-state index is -0.515. The number of carbonyl (C=O) groups is 2. The number of nitrogens with zero attached hydrogens (tertiary/aromatic N) is 2. The fraction of sp³-hybridized carbons (Fsp3) is 0.542. The van der Waals surface area contributed by atoms with Crippen LogP contribution < -0.4 is 16.2 Å². The topological polar surface area (TPSA) is 85.1 Å². The molecule has 2 amide bonds. The van der Waals surface area contributed by atoms with Crippen LogP contribution in [-0.4, -0.2) is 26.7 Å². The molecular weight excluding hydrogens is 392 g/mol. The summed E-state index contributed by atoms with van der Waals surface area (Å²) in [5, 5.41) is 6.23. The summed E-state index contributed by atoms with van der Waals surface area (Å²) in [5.41, 5.74) is 0.824. The number of hydrogen-bond donors (Lipinski definition) is 2. The molecule has 0 unspecified atom stereocenters. The van der Waals surface area contributed by atoms with Crippen molar-refractivity contribution in [1.29, 1.82) is 0 Å². The maximum absolute atomic E-state index is 13.7. The zero-order valence-corrected chi connectivity index (χ0v) is 18.4. The molecule has 4 fully saturated rings. The van der Waals surface area contributed by atoms with Gasteiger partial charge < -0.3 is 10.6 Å². The number of carbonyl (C=O) groups excluding carboxylic acids is 2. The van der Waals surface area contributed by atoms with Crippen molar-refractivity contribution >= 4 is 17.5 Å². The molecule has 1 heterocycles. The molecule has 4 saturated carbocycles. The number of benzene rings is 1. The third kappa shape index (κ3) is 3.13. The molecule has 1 aromatic carbocycles. The van der Waals surface area contributed by atoms with E-state index in [2.05, 4.69) is 10.6 Å². The largest absolute Gasteiger partial charge is 0.351 e. The second kappa shape index (κ2) is 6.84. The first kappa shape index (κ1) is 20.1. The number of amides is 2. The Morgan fingerprint density at radius 2 is 1.71 bits per heavy atom. The van der Waals surface area contributed by atoms with Crippen molar-refractivity contribution in [3.63, 3.8) is 0 Å². The van der Waals surface area contributed by atoms with Gasteiger partial charge in [-0.2, -0.15) is 0 Å². The predicted octanol–water partition coefficient (Wildman–Crippen LogP) is 2.90. The monoisotopic (exact) mass is 422 g/mol. The van der Waals surface area contributed by atoms with Gasteiger partial charge in [0.1, 0.15) is 5.69 Å². The van der Waals surface area contributed by atoms with Gasteiger partial charge in [0.25, 0.3) is 5.56 Å². The van der Waals surface area contributed by atoms with Crippen LogP contribution in [-0.2, 0) is 16.6 Å². The van der Waals surface area contributed by atoms with Gasteiger partial charge in [-0.3, -0.25) is 19.1 Å². The van der Waals surface area contributed by atoms with Crippen LogP contribution in [0.3, 0.4) is 0 Å². The van der Waals surface area contributed by atoms with Gasteiger partial charge in [0, 0.05) is 19.5 Å². The zero-order valence-electron chi connectivity index (χ0n) is 18.4. The molecule has 7 nitrogen and oxygen atoms in total. The van der Waals surface area contributed by atoms with Gasteiger partial charge in [-0.1, -0.05) is 18.2 Å². The average Bonchev–Trinajstić information content (AvgIpc) is 2.90. The third-order valence-electron chi connectivity index (χ3n) is 7.78. The summed E-state index contributed by atoms with van der Waals surface area (Å²) in [6.45, 7) is 3.42. The van der Waals surface area contributed by atoms with Gasteiger partial charge in [-0.25, -0.2) is 4.68 Å². The van der Waals surface area contributed by atoms with Crippen molar-refractivity contribution < 1.29 is 9.59 Å². The first-order valence-corrected chi connectivity index (χ1v) is 11.2. The van der Waals surface area contributed by atoms with E-state index >= 15 is 0 Å². The van der Waals surface area contributed by atoms with Crippen molar-refractivity contribution in [2.45, 2.75) is 57.9 Å². The van der Waals surface area contributed by atoms with E-state index in [1.807, 2.05) is 44.3 Å². The molecule has 7 heteroatoms.